The van der Waals surface area contributed by atoms with Crippen LogP contribution in [-0.4, -0.2) is 17.5 Å². The van der Waals surface area contributed by atoms with E-state index in [2.05, 4.69) is 4.99 Å². The number of isocyanates is 1. The van der Waals surface area contributed by atoms with Gasteiger partial charge in [-0.1, -0.05) is 17.8 Å². The van der Waals surface area contributed by atoms with Crippen LogP contribution in [0.4, 0.5) is 0 Å². The van der Waals surface area contributed by atoms with Crippen molar-refractivity contribution in [3.8, 4) is 0 Å². The monoisotopic (exact) mass is 157 g/mol. The van der Waals surface area contributed by atoms with Crippen LogP contribution in [0.2, 0.25) is 0 Å². The molecule has 0 rings (SSSR count). The molecule has 0 aromatic rings. The van der Waals surface area contributed by atoms with Gasteiger partial charge in [0, 0.05) is 0 Å². The van der Waals surface area contributed by atoms with Crippen molar-refractivity contribution in [1.82, 2.24) is 0 Å². The number of thioether (sulfide) groups is 1. The van der Waals surface area contributed by atoms with Crippen molar-refractivity contribution in [2.45, 2.75) is 6.92 Å². The summed E-state index contributed by atoms with van der Waals surface area (Å²) in [6.45, 7) is 1.64. The molecule has 0 spiro atoms. The van der Waals surface area contributed by atoms with Gasteiger partial charge >= 0.3 is 0 Å². The molecule has 0 fully saturated rings. The lowest BCUT2D eigenvalue weighted by atomic mass is 10.5. The number of hydrogen-bond donors (Lipinski definition) is 0. The van der Waals surface area contributed by atoms with Crippen LogP contribution in [0.1, 0.15) is 6.92 Å². The molecule has 10 heavy (non-hydrogen) atoms. The van der Waals surface area contributed by atoms with E-state index in [4.69, 9.17) is 0 Å². The van der Waals surface area contributed by atoms with E-state index in [0.717, 1.165) is 11.8 Å². The van der Waals surface area contributed by atoms with Crippen LogP contribution in [0, 0.1) is 0 Å². The van der Waals surface area contributed by atoms with E-state index < -0.39 is 0 Å². The van der Waals surface area contributed by atoms with Gasteiger partial charge in [0.15, 0.2) is 0 Å². The van der Waals surface area contributed by atoms with Gasteiger partial charge in [-0.15, -0.1) is 0 Å². The second kappa shape index (κ2) is 4.97. The highest BCUT2D eigenvalue weighted by Gasteiger charge is 2.03. The predicted molar refractivity (Wildman–Crippen MR) is 40.4 cm³/mol. The molecule has 0 N–H and O–H groups in total. The number of hydrogen-bond acceptors (Lipinski definition) is 4. The van der Waals surface area contributed by atoms with Crippen molar-refractivity contribution in [2.75, 3.05) is 6.26 Å². The molecular weight excluding hydrogens is 150 g/mol. The highest BCUT2D eigenvalue weighted by atomic mass is 32.2. The third kappa shape index (κ3) is 2.62. The SMILES string of the molecule is CC=C(N=C=O)C(=O)SC. The maximum Gasteiger partial charge on any atom is 0.240 e. The first kappa shape index (κ1) is 9.14. The van der Waals surface area contributed by atoms with Crippen LogP contribution in [0.5, 0.6) is 0 Å². The Morgan fingerprint density at radius 2 is 2.30 bits per heavy atom. The summed E-state index contributed by atoms with van der Waals surface area (Å²) in [5.41, 5.74) is 0.155. The standard InChI is InChI=1S/C6H7NO2S/c1-3-5(7-4-8)6(9)10-2/h3H,1-2H3. The molecule has 0 atom stereocenters. The number of nitrogens with zero attached hydrogens (tertiary/aromatic N) is 1. The summed E-state index contributed by atoms with van der Waals surface area (Å²) in [6.07, 6.45) is 4.41. The largest absolute Gasteiger partial charge is 0.280 e. The summed E-state index contributed by atoms with van der Waals surface area (Å²) in [7, 11) is 0. The van der Waals surface area contributed by atoms with Gasteiger partial charge in [-0.3, -0.25) is 4.79 Å². The highest BCUT2D eigenvalue weighted by Crippen LogP contribution is 2.06. The van der Waals surface area contributed by atoms with Gasteiger partial charge in [0.25, 0.3) is 0 Å². The molecule has 4 heteroatoms. The van der Waals surface area contributed by atoms with Crippen LogP contribution in [0.15, 0.2) is 16.8 Å². The molecule has 0 heterocycles. The zero-order valence-electron chi connectivity index (χ0n) is 5.75. The van der Waals surface area contributed by atoms with Crippen LogP contribution < -0.4 is 0 Å². The van der Waals surface area contributed by atoms with Gasteiger partial charge in [0.1, 0.15) is 5.70 Å². The van der Waals surface area contributed by atoms with Gasteiger partial charge < -0.3 is 0 Å². The van der Waals surface area contributed by atoms with E-state index in [0.29, 0.717) is 0 Å². The molecule has 0 aromatic carbocycles. The maximum absolute atomic E-state index is 10.8. The molecule has 0 aliphatic carbocycles. The minimum atomic E-state index is -0.217. The Bertz CT molecular complexity index is 204. The second-order valence-electron chi connectivity index (χ2n) is 1.37. The van der Waals surface area contributed by atoms with E-state index in [1.165, 1.54) is 12.2 Å². The van der Waals surface area contributed by atoms with Crippen molar-refractivity contribution < 1.29 is 9.59 Å². The zero-order chi connectivity index (χ0) is 7.98. The van der Waals surface area contributed by atoms with Crippen molar-refractivity contribution in [3.63, 3.8) is 0 Å². The topological polar surface area (TPSA) is 46.5 Å². The first-order valence-electron chi connectivity index (χ1n) is 2.58. The quantitative estimate of drug-likeness (QED) is 0.343. The minimum absolute atomic E-state index is 0.155. The fourth-order valence-corrected chi connectivity index (χ4v) is 0.754. The average molecular weight is 157 g/mol. The Morgan fingerprint density at radius 3 is 2.60 bits per heavy atom. The number of carbonyl (C=O) groups excluding carboxylic acids is 2. The molecule has 0 saturated heterocycles. The normalized spacial score (nSPS) is 10.4. The molecule has 3 nitrogen and oxygen atoms in total. The van der Waals surface area contributed by atoms with Crippen molar-refractivity contribution in [3.05, 3.63) is 11.8 Å². The predicted octanol–water partition coefficient (Wildman–Crippen LogP) is 1.12. The van der Waals surface area contributed by atoms with Gasteiger partial charge in [-0.05, 0) is 13.2 Å². The smallest absolute Gasteiger partial charge is 0.240 e. The Labute approximate surface area is 63.2 Å². The second-order valence-corrected chi connectivity index (χ2v) is 2.15. The Balaban J connectivity index is 4.38. The van der Waals surface area contributed by atoms with E-state index in [-0.39, 0.29) is 10.8 Å². The van der Waals surface area contributed by atoms with Crippen LogP contribution in [0.25, 0.3) is 0 Å². The van der Waals surface area contributed by atoms with Crippen LogP contribution in [-0.2, 0) is 9.59 Å². The average Bonchev–Trinajstić information content (AvgIpc) is 1.99. The summed E-state index contributed by atoms with van der Waals surface area (Å²) >= 11 is 1.02. The lowest BCUT2D eigenvalue weighted by Crippen LogP contribution is -1.91. The fourth-order valence-electron chi connectivity index (χ4n) is 0.382. The lowest BCUT2D eigenvalue weighted by molar-refractivity contribution is -0.107. The molecule has 0 aliphatic rings. The molecule has 0 aliphatic heterocycles. The maximum atomic E-state index is 10.8. The molecular formula is C6H7NO2S. The molecule has 0 unspecified atom stereocenters. The summed E-state index contributed by atoms with van der Waals surface area (Å²) in [4.78, 5) is 23.7. The minimum Gasteiger partial charge on any atom is -0.280 e. The number of rotatable bonds is 2. The van der Waals surface area contributed by atoms with Gasteiger partial charge in [-0.25, -0.2) is 4.79 Å². The molecule has 0 radical (unpaired) electrons. The van der Waals surface area contributed by atoms with Crippen molar-refractivity contribution in [2.24, 2.45) is 4.99 Å². The van der Waals surface area contributed by atoms with E-state index in [9.17, 15) is 9.59 Å². The summed E-state index contributed by atoms with van der Waals surface area (Å²) in [5.74, 6) is 0. The van der Waals surface area contributed by atoms with Crippen molar-refractivity contribution in [1.29, 1.82) is 0 Å². The number of carbonyl (C=O) groups is 1. The third-order valence-corrected chi connectivity index (χ3v) is 1.41. The first-order valence-corrected chi connectivity index (χ1v) is 3.81. The van der Waals surface area contributed by atoms with Gasteiger partial charge in [0.2, 0.25) is 11.2 Å². The van der Waals surface area contributed by atoms with Crippen LogP contribution >= 0.6 is 11.8 Å². The Hall–Kier alpha value is -0.860. The third-order valence-electron chi connectivity index (χ3n) is 0.834. The molecule has 0 saturated carbocycles. The van der Waals surface area contributed by atoms with E-state index in [1.54, 1.807) is 13.2 Å². The number of allylic oxidation sites excluding steroid dienone is 1. The fraction of sp³-hybridized carbons (Fsp3) is 0.333. The Morgan fingerprint density at radius 1 is 1.70 bits per heavy atom. The molecule has 54 valence electrons. The lowest BCUT2D eigenvalue weighted by Gasteiger charge is -1.90. The number of aliphatic imine (C=N–C) groups is 1. The molecule has 0 amide bonds. The summed E-state index contributed by atoms with van der Waals surface area (Å²) in [6, 6.07) is 0. The first-order chi connectivity index (χ1) is 4.76. The molecule has 0 bridgehead atoms. The summed E-state index contributed by atoms with van der Waals surface area (Å²) < 4.78 is 0. The van der Waals surface area contributed by atoms with Gasteiger partial charge in [-0.2, -0.15) is 4.99 Å². The molecule has 0 aromatic heterocycles. The van der Waals surface area contributed by atoms with Crippen LogP contribution in [0.3, 0.4) is 0 Å². The van der Waals surface area contributed by atoms with E-state index >= 15 is 0 Å². The van der Waals surface area contributed by atoms with Crippen molar-refractivity contribution >= 4 is 23.0 Å². The zero-order valence-corrected chi connectivity index (χ0v) is 6.57. The summed E-state index contributed by atoms with van der Waals surface area (Å²) in [5, 5.41) is -0.217. The van der Waals surface area contributed by atoms with Gasteiger partial charge in [0.05, 0.1) is 0 Å². The van der Waals surface area contributed by atoms with E-state index in [1.807, 2.05) is 0 Å². The Kier molecular flexibility index (Phi) is 4.54. The highest BCUT2D eigenvalue weighted by molar-refractivity contribution is 8.13.